The Balaban J connectivity index is 2.16. The lowest BCUT2D eigenvalue weighted by Gasteiger charge is -2.15. The highest BCUT2D eigenvalue weighted by Crippen LogP contribution is 2.22. The molecule has 0 fully saturated rings. The fourth-order valence-corrected chi connectivity index (χ4v) is 2.44. The number of aromatic amines is 1. The number of hydrogen-bond donors (Lipinski definition) is 2. The largest absolute Gasteiger partial charge is 0.494 e. The van der Waals surface area contributed by atoms with Crippen LogP contribution in [0.15, 0.2) is 29.1 Å². The summed E-state index contributed by atoms with van der Waals surface area (Å²) >= 11 is 0. The van der Waals surface area contributed by atoms with Gasteiger partial charge < -0.3 is 15.0 Å². The van der Waals surface area contributed by atoms with Gasteiger partial charge in [0, 0.05) is 31.3 Å². The van der Waals surface area contributed by atoms with Crippen LogP contribution in [-0.2, 0) is 0 Å². The van der Waals surface area contributed by atoms with Crippen molar-refractivity contribution in [3.05, 3.63) is 34.8 Å². The van der Waals surface area contributed by atoms with Crippen molar-refractivity contribution in [2.45, 2.75) is 13.3 Å². The van der Waals surface area contributed by atoms with Crippen molar-refractivity contribution in [2.24, 2.45) is 0 Å². The predicted octanol–water partition coefficient (Wildman–Crippen LogP) is 1.56. The molecule has 1 aliphatic rings. The number of nitrogens with zero attached hydrogens (tertiary/aromatic N) is 1. The molecule has 3 rings (SSSR count). The summed E-state index contributed by atoms with van der Waals surface area (Å²) in [6.07, 6.45) is 2.91. The SMILES string of the molecule is CCOc1ccc2[nH]c(=O)n(C3=CCNCC3)c2c1. The molecule has 0 bridgehead atoms. The van der Waals surface area contributed by atoms with Crippen LogP contribution in [-0.4, -0.2) is 29.2 Å². The van der Waals surface area contributed by atoms with Crippen LogP contribution in [0, 0.1) is 0 Å². The number of aromatic nitrogens is 2. The standard InChI is InChI=1S/C14H17N3O2/c1-2-19-11-3-4-12-13(9-11)17(14(18)16-12)10-5-7-15-8-6-10/h3-5,9,15H,2,6-8H2,1H3,(H,16,18). The first kappa shape index (κ1) is 12.0. The molecule has 0 spiro atoms. The van der Waals surface area contributed by atoms with Crippen LogP contribution in [0.5, 0.6) is 5.75 Å². The summed E-state index contributed by atoms with van der Waals surface area (Å²) in [6.45, 7) is 4.27. The van der Waals surface area contributed by atoms with E-state index in [2.05, 4.69) is 16.4 Å². The zero-order valence-corrected chi connectivity index (χ0v) is 10.9. The number of ether oxygens (including phenoxy) is 1. The summed E-state index contributed by atoms with van der Waals surface area (Å²) in [5, 5.41) is 3.25. The summed E-state index contributed by atoms with van der Waals surface area (Å²) < 4.78 is 7.25. The highest BCUT2D eigenvalue weighted by atomic mass is 16.5. The molecule has 5 nitrogen and oxygen atoms in total. The number of nitrogens with one attached hydrogen (secondary N) is 2. The van der Waals surface area contributed by atoms with Crippen molar-refractivity contribution in [1.82, 2.24) is 14.9 Å². The smallest absolute Gasteiger partial charge is 0.330 e. The normalized spacial score (nSPS) is 15.5. The van der Waals surface area contributed by atoms with E-state index in [0.717, 1.165) is 42.0 Å². The van der Waals surface area contributed by atoms with E-state index >= 15 is 0 Å². The second kappa shape index (κ2) is 4.93. The monoisotopic (exact) mass is 259 g/mol. The van der Waals surface area contributed by atoms with Gasteiger partial charge in [-0.05, 0) is 19.1 Å². The Kier molecular flexibility index (Phi) is 3.13. The number of H-pyrrole nitrogens is 1. The molecule has 0 atom stereocenters. The van der Waals surface area contributed by atoms with Crippen LogP contribution in [0.2, 0.25) is 0 Å². The lowest BCUT2D eigenvalue weighted by atomic mass is 10.2. The molecule has 19 heavy (non-hydrogen) atoms. The van der Waals surface area contributed by atoms with Gasteiger partial charge in [0.05, 0.1) is 17.6 Å². The maximum Gasteiger partial charge on any atom is 0.330 e. The Morgan fingerprint density at radius 3 is 3.05 bits per heavy atom. The van der Waals surface area contributed by atoms with Crippen molar-refractivity contribution in [3.63, 3.8) is 0 Å². The lowest BCUT2D eigenvalue weighted by Crippen LogP contribution is -2.25. The Morgan fingerprint density at radius 1 is 1.42 bits per heavy atom. The zero-order valence-electron chi connectivity index (χ0n) is 10.9. The van der Waals surface area contributed by atoms with Crippen LogP contribution in [0.25, 0.3) is 16.7 Å². The molecule has 2 heterocycles. The number of benzene rings is 1. The molecule has 0 unspecified atom stereocenters. The maximum atomic E-state index is 12.1. The zero-order chi connectivity index (χ0) is 13.2. The maximum absolute atomic E-state index is 12.1. The Hall–Kier alpha value is -2.01. The van der Waals surface area contributed by atoms with Crippen molar-refractivity contribution in [3.8, 4) is 5.75 Å². The van der Waals surface area contributed by atoms with E-state index in [1.165, 1.54) is 0 Å². The summed E-state index contributed by atoms with van der Waals surface area (Å²) in [7, 11) is 0. The minimum Gasteiger partial charge on any atom is -0.494 e. The second-order valence-electron chi connectivity index (χ2n) is 4.53. The third kappa shape index (κ3) is 2.17. The third-order valence-electron chi connectivity index (χ3n) is 3.29. The van der Waals surface area contributed by atoms with Crippen LogP contribution in [0.3, 0.4) is 0 Å². The van der Waals surface area contributed by atoms with Crippen molar-refractivity contribution in [2.75, 3.05) is 19.7 Å². The van der Waals surface area contributed by atoms with Gasteiger partial charge in [0.2, 0.25) is 0 Å². The van der Waals surface area contributed by atoms with Crippen LogP contribution in [0.4, 0.5) is 0 Å². The fraction of sp³-hybridized carbons (Fsp3) is 0.357. The molecule has 1 aromatic carbocycles. The average Bonchev–Trinajstić information content (AvgIpc) is 2.75. The van der Waals surface area contributed by atoms with Crippen molar-refractivity contribution >= 4 is 16.7 Å². The Morgan fingerprint density at radius 2 is 2.32 bits per heavy atom. The van der Waals surface area contributed by atoms with Gasteiger partial charge in [-0.2, -0.15) is 0 Å². The Bertz CT molecular complexity index is 682. The molecule has 1 aromatic heterocycles. The second-order valence-corrected chi connectivity index (χ2v) is 4.53. The number of fused-ring (bicyclic) bond motifs is 1. The summed E-state index contributed by atoms with van der Waals surface area (Å²) in [4.78, 5) is 15.0. The molecule has 0 saturated heterocycles. The fourth-order valence-electron chi connectivity index (χ4n) is 2.44. The molecule has 1 aliphatic heterocycles. The molecule has 0 saturated carbocycles. The van der Waals surface area contributed by atoms with Crippen LogP contribution >= 0.6 is 0 Å². The topological polar surface area (TPSA) is 59.1 Å². The first-order valence-corrected chi connectivity index (χ1v) is 6.57. The van der Waals surface area contributed by atoms with Crippen molar-refractivity contribution < 1.29 is 4.74 Å². The average molecular weight is 259 g/mol. The minimum atomic E-state index is -0.0863. The van der Waals surface area contributed by atoms with E-state index in [0.29, 0.717) is 6.61 Å². The molecule has 2 N–H and O–H groups in total. The quantitative estimate of drug-likeness (QED) is 0.879. The van der Waals surface area contributed by atoms with E-state index in [1.807, 2.05) is 25.1 Å². The number of rotatable bonds is 3. The van der Waals surface area contributed by atoms with Gasteiger partial charge in [-0.1, -0.05) is 6.08 Å². The molecule has 0 aliphatic carbocycles. The van der Waals surface area contributed by atoms with Gasteiger partial charge in [-0.25, -0.2) is 4.79 Å². The predicted molar refractivity (Wildman–Crippen MR) is 75.5 cm³/mol. The first-order chi connectivity index (χ1) is 9.29. The molecule has 100 valence electrons. The number of imidazole rings is 1. The number of hydrogen-bond acceptors (Lipinski definition) is 3. The van der Waals surface area contributed by atoms with Crippen LogP contribution in [0.1, 0.15) is 13.3 Å². The minimum absolute atomic E-state index is 0.0863. The highest BCUT2D eigenvalue weighted by Gasteiger charge is 2.13. The van der Waals surface area contributed by atoms with E-state index in [1.54, 1.807) is 4.57 Å². The Labute approximate surface area is 110 Å². The van der Waals surface area contributed by atoms with E-state index < -0.39 is 0 Å². The van der Waals surface area contributed by atoms with Gasteiger partial charge >= 0.3 is 5.69 Å². The molecule has 2 aromatic rings. The van der Waals surface area contributed by atoms with E-state index in [4.69, 9.17) is 4.74 Å². The van der Waals surface area contributed by atoms with Gasteiger partial charge in [-0.3, -0.25) is 4.57 Å². The first-order valence-electron chi connectivity index (χ1n) is 6.57. The van der Waals surface area contributed by atoms with Crippen LogP contribution < -0.4 is 15.7 Å². The van der Waals surface area contributed by atoms with Gasteiger partial charge in [0.25, 0.3) is 0 Å². The van der Waals surface area contributed by atoms with Gasteiger partial charge in [-0.15, -0.1) is 0 Å². The molecular weight excluding hydrogens is 242 g/mol. The van der Waals surface area contributed by atoms with Gasteiger partial charge in [0.1, 0.15) is 5.75 Å². The lowest BCUT2D eigenvalue weighted by molar-refractivity contribution is 0.340. The molecule has 0 amide bonds. The van der Waals surface area contributed by atoms with E-state index in [-0.39, 0.29) is 5.69 Å². The van der Waals surface area contributed by atoms with E-state index in [9.17, 15) is 4.79 Å². The third-order valence-corrected chi connectivity index (χ3v) is 3.29. The molecule has 5 heteroatoms. The highest BCUT2D eigenvalue weighted by molar-refractivity contribution is 5.80. The van der Waals surface area contributed by atoms with Gasteiger partial charge in [0.15, 0.2) is 0 Å². The summed E-state index contributed by atoms with van der Waals surface area (Å²) in [5.41, 5.74) is 2.68. The molecular formula is C14H17N3O2. The molecule has 0 radical (unpaired) electrons. The summed E-state index contributed by atoms with van der Waals surface area (Å²) in [5.74, 6) is 0.789. The summed E-state index contributed by atoms with van der Waals surface area (Å²) in [6, 6.07) is 5.68. The van der Waals surface area contributed by atoms with Crippen molar-refractivity contribution in [1.29, 1.82) is 0 Å².